The van der Waals surface area contributed by atoms with E-state index in [9.17, 15) is 14.4 Å². The van der Waals surface area contributed by atoms with Crippen LogP contribution in [-0.4, -0.2) is 28.7 Å². The highest BCUT2D eigenvalue weighted by molar-refractivity contribution is 6.11. The highest BCUT2D eigenvalue weighted by atomic mass is 16.2. The lowest BCUT2D eigenvalue weighted by atomic mass is 9.85. The molecule has 2 N–H and O–H groups in total. The molecule has 1 aromatic heterocycles. The van der Waals surface area contributed by atoms with Crippen LogP contribution in [0.4, 0.5) is 0 Å². The predicted octanol–water partition coefficient (Wildman–Crippen LogP) is 3.65. The fraction of sp³-hybridized carbons (Fsp3) is 0.231. The number of piperidine rings is 1. The summed E-state index contributed by atoms with van der Waals surface area (Å²) in [6.07, 6.45) is 5.22. The summed E-state index contributed by atoms with van der Waals surface area (Å²) in [7, 11) is 0. The largest absolute Gasteiger partial charge is 0.340 e. The number of carbonyl (C=O) groups is 3. The summed E-state index contributed by atoms with van der Waals surface area (Å²) in [5.41, 5.74) is 5.31. The summed E-state index contributed by atoms with van der Waals surface area (Å²) in [4.78, 5) is 42.1. The Kier molecular flexibility index (Phi) is 5.27. The normalized spacial score (nSPS) is 19.5. The molecule has 0 saturated carbocycles. The van der Waals surface area contributed by atoms with E-state index in [-0.39, 0.29) is 18.2 Å². The number of aromatic nitrogens is 1. The van der Waals surface area contributed by atoms with Gasteiger partial charge in [0.25, 0.3) is 5.91 Å². The summed E-state index contributed by atoms with van der Waals surface area (Å²) in [5.74, 6) is -1.05. The minimum Gasteiger partial charge on any atom is -0.340 e. The molecule has 2 heterocycles. The topological polar surface area (TPSA) is 88.2 Å². The predicted molar refractivity (Wildman–Crippen MR) is 123 cm³/mol. The van der Waals surface area contributed by atoms with E-state index in [0.29, 0.717) is 12.0 Å². The third kappa shape index (κ3) is 3.80. The standard InChI is InChI=1S/C26H23N3O3/c30-22-14-13-21(25(31)29-22)28-26(32)23-18-10-4-5-12-20(18)27-24-17(9-6-11-19(23)24)15-16-7-2-1-3-8-16/h1-5,7-8,10,12,15,21H,6,9,11,13-14H2,(H,28,32)(H,29,30,31)/b17-15-. The van der Waals surface area contributed by atoms with Crippen LogP contribution < -0.4 is 10.6 Å². The monoisotopic (exact) mass is 425 g/mol. The molecule has 1 atom stereocenters. The first kappa shape index (κ1) is 20.1. The van der Waals surface area contributed by atoms with Crippen molar-refractivity contribution >= 4 is 40.3 Å². The minimum absolute atomic E-state index is 0.218. The molecule has 6 heteroatoms. The third-order valence-corrected chi connectivity index (χ3v) is 6.08. The van der Waals surface area contributed by atoms with Crippen LogP contribution in [0, 0.1) is 0 Å². The van der Waals surface area contributed by atoms with E-state index in [1.54, 1.807) is 0 Å². The van der Waals surface area contributed by atoms with Gasteiger partial charge in [-0.05, 0) is 54.5 Å². The number of carbonyl (C=O) groups excluding carboxylic acids is 3. The molecule has 32 heavy (non-hydrogen) atoms. The number of allylic oxidation sites excluding steroid dienone is 1. The first-order valence-corrected chi connectivity index (χ1v) is 10.9. The third-order valence-electron chi connectivity index (χ3n) is 6.08. The van der Waals surface area contributed by atoms with Crippen molar-refractivity contribution in [2.45, 2.75) is 38.1 Å². The molecule has 5 rings (SSSR count). The van der Waals surface area contributed by atoms with Crippen molar-refractivity contribution in [2.24, 2.45) is 0 Å². The lowest BCUT2D eigenvalue weighted by molar-refractivity contribution is -0.134. The second-order valence-corrected chi connectivity index (χ2v) is 8.24. The number of imide groups is 1. The van der Waals surface area contributed by atoms with Gasteiger partial charge >= 0.3 is 0 Å². The molecule has 0 spiro atoms. The summed E-state index contributed by atoms with van der Waals surface area (Å²) in [6, 6.07) is 17.0. The maximum Gasteiger partial charge on any atom is 0.252 e. The molecule has 3 aromatic rings. The van der Waals surface area contributed by atoms with Crippen LogP contribution in [0.3, 0.4) is 0 Å². The fourth-order valence-electron chi connectivity index (χ4n) is 4.55. The van der Waals surface area contributed by atoms with E-state index < -0.39 is 11.9 Å². The van der Waals surface area contributed by atoms with Crippen LogP contribution in [0.25, 0.3) is 22.6 Å². The van der Waals surface area contributed by atoms with E-state index in [0.717, 1.165) is 52.6 Å². The zero-order valence-corrected chi connectivity index (χ0v) is 17.6. The van der Waals surface area contributed by atoms with Gasteiger partial charge in [-0.3, -0.25) is 19.7 Å². The maximum absolute atomic E-state index is 13.5. The molecule has 2 aliphatic rings. The van der Waals surface area contributed by atoms with Crippen molar-refractivity contribution in [3.63, 3.8) is 0 Å². The molecule has 1 aliphatic carbocycles. The molecule has 1 fully saturated rings. The Morgan fingerprint density at radius 3 is 2.59 bits per heavy atom. The maximum atomic E-state index is 13.5. The van der Waals surface area contributed by atoms with E-state index in [1.165, 1.54) is 0 Å². The smallest absolute Gasteiger partial charge is 0.252 e. The number of hydrogen-bond acceptors (Lipinski definition) is 4. The number of benzene rings is 2. The number of nitrogens with zero attached hydrogens (tertiary/aromatic N) is 1. The molecule has 1 unspecified atom stereocenters. The Morgan fingerprint density at radius 1 is 1.00 bits per heavy atom. The number of hydrogen-bond donors (Lipinski definition) is 2. The van der Waals surface area contributed by atoms with E-state index in [2.05, 4.69) is 28.8 Å². The van der Waals surface area contributed by atoms with Crippen molar-refractivity contribution in [1.29, 1.82) is 0 Å². The molecule has 3 amide bonds. The van der Waals surface area contributed by atoms with Gasteiger partial charge < -0.3 is 5.32 Å². The minimum atomic E-state index is -0.717. The summed E-state index contributed by atoms with van der Waals surface area (Å²) < 4.78 is 0. The van der Waals surface area contributed by atoms with Crippen LogP contribution in [0.15, 0.2) is 54.6 Å². The zero-order valence-electron chi connectivity index (χ0n) is 17.6. The first-order valence-electron chi connectivity index (χ1n) is 10.9. The summed E-state index contributed by atoms with van der Waals surface area (Å²) in [5, 5.41) is 5.94. The molecule has 6 nitrogen and oxygen atoms in total. The van der Waals surface area contributed by atoms with Crippen molar-refractivity contribution in [2.75, 3.05) is 0 Å². The van der Waals surface area contributed by atoms with Crippen molar-refractivity contribution in [1.82, 2.24) is 15.6 Å². The SMILES string of the molecule is O=C1CCC(NC(=O)c2c3c(nc4ccccc24)/C(=C\c2ccccc2)CCC3)C(=O)N1. The molecular formula is C26H23N3O3. The van der Waals surface area contributed by atoms with Crippen molar-refractivity contribution in [3.05, 3.63) is 77.0 Å². The van der Waals surface area contributed by atoms with Gasteiger partial charge in [-0.25, -0.2) is 4.98 Å². The Hall–Kier alpha value is -3.80. The number of nitrogens with one attached hydrogen (secondary N) is 2. The molecule has 160 valence electrons. The highest BCUT2D eigenvalue weighted by Crippen LogP contribution is 2.36. The Bertz CT molecular complexity index is 1260. The van der Waals surface area contributed by atoms with E-state index >= 15 is 0 Å². The van der Waals surface area contributed by atoms with Crippen LogP contribution in [-0.2, 0) is 16.0 Å². The van der Waals surface area contributed by atoms with Gasteiger partial charge in [-0.1, -0.05) is 48.5 Å². The number of amides is 3. The second kappa shape index (κ2) is 8.38. The number of para-hydroxylation sites is 1. The quantitative estimate of drug-likeness (QED) is 0.627. The fourth-order valence-corrected chi connectivity index (χ4v) is 4.55. The average molecular weight is 425 g/mol. The van der Waals surface area contributed by atoms with Gasteiger partial charge in [0.05, 0.1) is 16.8 Å². The highest BCUT2D eigenvalue weighted by Gasteiger charge is 2.31. The van der Waals surface area contributed by atoms with Gasteiger partial charge in [0, 0.05) is 11.8 Å². The Morgan fingerprint density at radius 2 is 1.78 bits per heavy atom. The van der Waals surface area contributed by atoms with Gasteiger partial charge in [0.1, 0.15) is 6.04 Å². The molecule has 1 saturated heterocycles. The van der Waals surface area contributed by atoms with E-state index in [4.69, 9.17) is 4.98 Å². The van der Waals surface area contributed by atoms with Crippen LogP contribution in [0.5, 0.6) is 0 Å². The number of pyridine rings is 1. The molecule has 1 aliphatic heterocycles. The van der Waals surface area contributed by atoms with Crippen LogP contribution in [0.1, 0.15) is 52.9 Å². The van der Waals surface area contributed by atoms with Crippen LogP contribution >= 0.6 is 0 Å². The Balaban J connectivity index is 1.60. The molecule has 0 bridgehead atoms. The summed E-state index contributed by atoms with van der Waals surface area (Å²) in [6.45, 7) is 0. The van der Waals surface area contributed by atoms with Gasteiger partial charge in [-0.15, -0.1) is 0 Å². The van der Waals surface area contributed by atoms with Crippen molar-refractivity contribution in [3.8, 4) is 0 Å². The lowest BCUT2D eigenvalue weighted by Crippen LogP contribution is -2.52. The van der Waals surface area contributed by atoms with Crippen LogP contribution in [0.2, 0.25) is 0 Å². The average Bonchev–Trinajstić information content (AvgIpc) is 2.80. The first-order chi connectivity index (χ1) is 15.6. The summed E-state index contributed by atoms with van der Waals surface area (Å²) >= 11 is 0. The van der Waals surface area contributed by atoms with Gasteiger partial charge in [0.15, 0.2) is 0 Å². The van der Waals surface area contributed by atoms with Gasteiger partial charge in [0.2, 0.25) is 11.8 Å². The van der Waals surface area contributed by atoms with Crippen molar-refractivity contribution < 1.29 is 14.4 Å². The second-order valence-electron chi connectivity index (χ2n) is 8.24. The Labute approximate surface area is 185 Å². The molecule has 2 aromatic carbocycles. The molecular weight excluding hydrogens is 402 g/mol. The van der Waals surface area contributed by atoms with Gasteiger partial charge in [-0.2, -0.15) is 0 Å². The number of rotatable bonds is 3. The van der Waals surface area contributed by atoms with E-state index in [1.807, 2.05) is 42.5 Å². The lowest BCUT2D eigenvalue weighted by Gasteiger charge is -2.25. The number of fused-ring (bicyclic) bond motifs is 2. The molecule has 0 radical (unpaired) electrons. The zero-order chi connectivity index (χ0) is 22.1.